The highest BCUT2D eigenvalue weighted by atomic mass is 16.3. The first-order valence-electron chi connectivity index (χ1n) is 26.4. The number of aromatic hydroxyl groups is 2. The van der Waals surface area contributed by atoms with Crippen molar-refractivity contribution in [2.75, 3.05) is 141 Å². The van der Waals surface area contributed by atoms with E-state index in [2.05, 4.69) is 118 Å². The lowest BCUT2D eigenvalue weighted by Gasteiger charge is -2.14. The average molecular weight is 1010 g/mol. The van der Waals surface area contributed by atoms with Crippen LogP contribution in [0.15, 0.2) is 48.5 Å². The van der Waals surface area contributed by atoms with Crippen LogP contribution >= 0.6 is 0 Å². The Morgan fingerprint density at radius 3 is 0.905 bits per heavy atom. The largest absolute Gasteiger partial charge is 0.507 e. The SMILES string of the molecule is CN(C)CCCCCNc1nc(NCCCCCN(C)C)nc(Nc2ccc3nc4cc5c(O)c6cc(Nc7nc(NCCCCCN(C)C)nc(NCCCCCN(C)C)n7)ccc6nc5cc4c(O)c3c2)n1. The Kier molecular flexibility index (Phi) is 20.5. The van der Waals surface area contributed by atoms with Crippen molar-refractivity contribution < 1.29 is 10.2 Å². The van der Waals surface area contributed by atoms with Crippen LogP contribution in [0.25, 0.3) is 43.6 Å². The van der Waals surface area contributed by atoms with Gasteiger partial charge in [-0.05, 0) is 182 Å². The molecule has 398 valence electrons. The molecule has 20 heteroatoms. The van der Waals surface area contributed by atoms with Crippen LogP contribution in [0.4, 0.5) is 47.1 Å². The van der Waals surface area contributed by atoms with E-state index in [1.165, 1.54) is 0 Å². The Balaban J connectivity index is 1.09. The van der Waals surface area contributed by atoms with Crippen LogP contribution in [0, 0.1) is 0 Å². The van der Waals surface area contributed by atoms with Gasteiger partial charge in [-0.3, -0.25) is 0 Å². The molecule has 0 aliphatic rings. The van der Waals surface area contributed by atoms with Gasteiger partial charge in [0.1, 0.15) is 11.5 Å². The predicted octanol–water partition coefficient (Wildman–Crippen LogP) is 8.93. The number of hydrogen-bond donors (Lipinski definition) is 8. The molecular formula is C54H80N18O2. The van der Waals surface area contributed by atoms with Gasteiger partial charge in [0.25, 0.3) is 0 Å². The van der Waals surface area contributed by atoms with Crippen LogP contribution in [0.2, 0.25) is 0 Å². The summed E-state index contributed by atoms with van der Waals surface area (Å²) >= 11 is 0. The van der Waals surface area contributed by atoms with Gasteiger partial charge >= 0.3 is 0 Å². The molecule has 20 nitrogen and oxygen atoms in total. The minimum absolute atomic E-state index is 0.0501. The van der Waals surface area contributed by atoms with E-state index in [0.717, 1.165) is 129 Å². The minimum atomic E-state index is 0.0501. The summed E-state index contributed by atoms with van der Waals surface area (Å²) in [6.45, 7) is 7.21. The van der Waals surface area contributed by atoms with E-state index in [4.69, 9.17) is 29.9 Å². The quantitative estimate of drug-likeness (QED) is 0.0145. The van der Waals surface area contributed by atoms with Crippen molar-refractivity contribution in [1.82, 2.24) is 59.5 Å². The summed E-state index contributed by atoms with van der Waals surface area (Å²) in [7, 11) is 16.8. The molecule has 0 aliphatic carbocycles. The van der Waals surface area contributed by atoms with Crippen molar-refractivity contribution in [3.8, 4) is 11.5 Å². The molecule has 0 aliphatic heterocycles. The van der Waals surface area contributed by atoms with E-state index >= 15 is 0 Å². The van der Waals surface area contributed by atoms with Crippen molar-refractivity contribution in [3.05, 3.63) is 48.5 Å². The molecule has 4 aromatic heterocycles. The normalized spacial score (nSPS) is 11.8. The molecule has 7 rings (SSSR count). The van der Waals surface area contributed by atoms with Crippen LogP contribution in [-0.4, -0.2) is 178 Å². The number of unbranched alkanes of at least 4 members (excludes halogenated alkanes) is 8. The van der Waals surface area contributed by atoms with Crippen LogP contribution in [0.3, 0.4) is 0 Å². The topological polar surface area (TPSA) is 229 Å². The Labute approximate surface area is 436 Å². The molecule has 0 amide bonds. The molecule has 0 spiro atoms. The van der Waals surface area contributed by atoms with Gasteiger partial charge in [0.15, 0.2) is 0 Å². The van der Waals surface area contributed by atoms with Gasteiger partial charge in [-0.2, -0.15) is 29.9 Å². The Hall–Kier alpha value is -6.74. The van der Waals surface area contributed by atoms with Gasteiger partial charge in [0, 0.05) is 59.1 Å². The lowest BCUT2D eigenvalue weighted by Crippen LogP contribution is -2.15. The summed E-state index contributed by atoms with van der Waals surface area (Å²) < 4.78 is 0. The van der Waals surface area contributed by atoms with Gasteiger partial charge in [-0.25, -0.2) is 9.97 Å². The first-order valence-corrected chi connectivity index (χ1v) is 26.4. The summed E-state index contributed by atoms with van der Waals surface area (Å²) in [5, 5.41) is 46.1. The Bertz CT molecular complexity index is 2630. The number of nitrogens with one attached hydrogen (secondary N) is 6. The first-order chi connectivity index (χ1) is 35.8. The first kappa shape index (κ1) is 55.0. The number of benzene rings is 3. The van der Waals surface area contributed by atoms with Crippen LogP contribution in [0.1, 0.15) is 77.0 Å². The fourth-order valence-corrected chi connectivity index (χ4v) is 8.65. The van der Waals surface area contributed by atoms with Gasteiger partial charge < -0.3 is 61.7 Å². The predicted molar refractivity (Wildman–Crippen MR) is 305 cm³/mol. The van der Waals surface area contributed by atoms with Crippen molar-refractivity contribution in [2.45, 2.75) is 77.0 Å². The number of rotatable bonds is 32. The Morgan fingerprint density at radius 1 is 0.324 bits per heavy atom. The molecule has 4 heterocycles. The van der Waals surface area contributed by atoms with Gasteiger partial charge in [0.2, 0.25) is 35.7 Å². The van der Waals surface area contributed by atoms with E-state index in [0.29, 0.717) is 90.7 Å². The molecule has 3 aromatic carbocycles. The van der Waals surface area contributed by atoms with Crippen molar-refractivity contribution in [1.29, 1.82) is 0 Å². The highest BCUT2D eigenvalue weighted by Crippen LogP contribution is 2.40. The molecular weight excluding hydrogens is 933 g/mol. The van der Waals surface area contributed by atoms with Crippen molar-refractivity contribution >= 4 is 90.7 Å². The van der Waals surface area contributed by atoms with E-state index in [1.54, 1.807) is 12.1 Å². The van der Waals surface area contributed by atoms with E-state index in [9.17, 15) is 10.2 Å². The number of hydrogen-bond acceptors (Lipinski definition) is 20. The third-order valence-corrected chi connectivity index (χ3v) is 12.7. The molecule has 0 fully saturated rings. The van der Waals surface area contributed by atoms with Gasteiger partial charge in [0.05, 0.1) is 22.1 Å². The molecule has 0 radical (unpaired) electrons. The fraction of sp³-hybridized carbons (Fsp3) is 0.519. The lowest BCUT2D eigenvalue weighted by atomic mass is 10.0. The third kappa shape index (κ3) is 16.6. The smallest absolute Gasteiger partial charge is 0.233 e. The highest BCUT2D eigenvalue weighted by molar-refractivity contribution is 6.10. The van der Waals surface area contributed by atoms with Gasteiger partial charge in [-0.1, -0.05) is 25.7 Å². The van der Waals surface area contributed by atoms with E-state index < -0.39 is 0 Å². The number of nitrogens with zero attached hydrogens (tertiary/aromatic N) is 12. The van der Waals surface area contributed by atoms with Gasteiger partial charge in [-0.15, -0.1) is 0 Å². The maximum Gasteiger partial charge on any atom is 0.233 e. The number of aromatic nitrogens is 8. The monoisotopic (exact) mass is 1010 g/mol. The average Bonchev–Trinajstić information content (AvgIpc) is 3.36. The lowest BCUT2D eigenvalue weighted by molar-refractivity contribution is 0.392. The molecule has 0 atom stereocenters. The molecule has 7 aromatic rings. The molecule has 0 bridgehead atoms. The number of anilines is 8. The summed E-state index contributed by atoms with van der Waals surface area (Å²) in [6, 6.07) is 14.7. The maximum atomic E-state index is 11.9. The second kappa shape index (κ2) is 27.5. The van der Waals surface area contributed by atoms with E-state index in [-0.39, 0.29) is 11.5 Å². The van der Waals surface area contributed by atoms with Crippen LogP contribution < -0.4 is 31.9 Å². The number of pyridine rings is 2. The fourth-order valence-electron chi connectivity index (χ4n) is 8.65. The zero-order chi connectivity index (χ0) is 52.4. The standard InChI is InChI=1S/C54H80N18O2/c1-69(2)29-17-9-13-25-55-49-63-50(56-26-14-10-18-30-70(3)4)66-53(65-49)59-37-21-23-43-39(33-37)47(73)41-35-46-42(36-45(41)61-43)48(74)40-34-38(22-24-44(40)62-46)60-54-67-51(57-27-15-11-19-31-71(5)6)64-52(68-54)58-28-16-12-20-32-72(7)8/h21-24,33-36H,9-20,25-32H2,1-8H3,(H,61,73)(H,62,74)(H3,55,56,59,63,65,66)(H3,57,58,60,64,67,68). The Morgan fingerprint density at radius 2 is 0.608 bits per heavy atom. The molecule has 0 saturated heterocycles. The second-order valence-electron chi connectivity index (χ2n) is 20.3. The molecule has 74 heavy (non-hydrogen) atoms. The van der Waals surface area contributed by atoms with Crippen molar-refractivity contribution in [2.24, 2.45) is 0 Å². The summed E-state index contributed by atoms with van der Waals surface area (Å²) in [4.78, 5) is 47.0. The summed E-state index contributed by atoms with van der Waals surface area (Å²) in [5.74, 6) is 2.81. The van der Waals surface area contributed by atoms with E-state index in [1.807, 2.05) is 36.4 Å². The molecule has 0 unspecified atom stereocenters. The zero-order valence-corrected chi connectivity index (χ0v) is 45.0. The zero-order valence-electron chi connectivity index (χ0n) is 45.0. The maximum absolute atomic E-state index is 11.9. The number of fused-ring (bicyclic) bond motifs is 4. The third-order valence-electron chi connectivity index (χ3n) is 12.7. The molecule has 0 saturated carbocycles. The minimum Gasteiger partial charge on any atom is -0.507 e. The summed E-state index contributed by atoms with van der Waals surface area (Å²) in [5.41, 5.74) is 3.54. The van der Waals surface area contributed by atoms with Crippen LogP contribution in [-0.2, 0) is 0 Å². The van der Waals surface area contributed by atoms with Crippen molar-refractivity contribution in [3.63, 3.8) is 0 Å². The highest BCUT2D eigenvalue weighted by Gasteiger charge is 2.17. The summed E-state index contributed by atoms with van der Waals surface area (Å²) in [6.07, 6.45) is 12.9. The molecule has 8 N–H and O–H groups in total. The van der Waals surface area contributed by atoms with Crippen LogP contribution in [0.5, 0.6) is 11.5 Å². The second-order valence-corrected chi connectivity index (χ2v) is 20.3.